The predicted molar refractivity (Wildman–Crippen MR) is 106 cm³/mol. The maximum Gasteiger partial charge on any atom is 0.262 e. The molecular weight excluding hydrogens is 372 g/mol. The topological polar surface area (TPSA) is 58.6 Å². The zero-order valence-corrected chi connectivity index (χ0v) is 16.6. The molecule has 2 aromatic carbocycles. The first kappa shape index (κ1) is 19.0. The van der Waals surface area contributed by atoms with Crippen LogP contribution in [0.2, 0.25) is 5.02 Å². The highest BCUT2D eigenvalue weighted by Crippen LogP contribution is 2.31. The molecule has 7 heteroatoms. The third kappa shape index (κ3) is 4.14. The minimum Gasteiger partial charge on any atom is -0.372 e. The van der Waals surface area contributed by atoms with E-state index in [9.17, 15) is 8.42 Å². The quantitative estimate of drug-likeness (QED) is 0.849. The molecule has 0 aromatic heterocycles. The van der Waals surface area contributed by atoms with Crippen LogP contribution < -0.4 is 9.62 Å². The lowest BCUT2D eigenvalue weighted by Gasteiger charge is -2.37. The third-order valence-electron chi connectivity index (χ3n) is 4.35. The van der Waals surface area contributed by atoms with Crippen molar-refractivity contribution in [2.24, 2.45) is 0 Å². The molecule has 0 amide bonds. The molecule has 2 unspecified atom stereocenters. The number of aryl methyl sites for hydroxylation is 1. The van der Waals surface area contributed by atoms with Crippen LogP contribution in [0.5, 0.6) is 0 Å². The van der Waals surface area contributed by atoms with Crippen molar-refractivity contribution in [1.82, 2.24) is 0 Å². The number of hydrogen-bond donors (Lipinski definition) is 1. The number of hydrogen-bond acceptors (Lipinski definition) is 4. The Kier molecular flexibility index (Phi) is 5.46. The van der Waals surface area contributed by atoms with Crippen LogP contribution in [0.25, 0.3) is 0 Å². The molecule has 140 valence electrons. The van der Waals surface area contributed by atoms with Crippen LogP contribution in [0.4, 0.5) is 11.4 Å². The van der Waals surface area contributed by atoms with Gasteiger partial charge in [0.05, 0.1) is 28.5 Å². The summed E-state index contributed by atoms with van der Waals surface area (Å²) in [6.07, 6.45) is 0.164. The lowest BCUT2D eigenvalue weighted by Crippen LogP contribution is -2.45. The zero-order chi connectivity index (χ0) is 18.9. The van der Waals surface area contributed by atoms with Gasteiger partial charge in [-0.1, -0.05) is 29.8 Å². The number of rotatable bonds is 4. The number of nitrogens with zero attached hydrogens (tertiary/aromatic N) is 1. The normalized spacial score (nSPS) is 20.8. The molecule has 1 fully saturated rings. The minimum absolute atomic E-state index is 0.0820. The standard InChI is InChI=1S/C19H23ClN2O3S/c1-13-8-9-16(20)10-19(13)26(23,24)21-17-6-4-5-7-18(17)22-11-14(2)25-15(3)12-22/h4-10,14-15,21H,11-12H2,1-3H3. The molecule has 0 spiro atoms. The molecule has 2 aromatic rings. The third-order valence-corrected chi connectivity index (χ3v) is 6.09. The molecule has 0 radical (unpaired) electrons. The number of morpholine rings is 1. The van der Waals surface area contributed by atoms with Gasteiger partial charge in [-0.15, -0.1) is 0 Å². The zero-order valence-electron chi connectivity index (χ0n) is 15.1. The number of sulfonamides is 1. The number of nitrogens with one attached hydrogen (secondary N) is 1. The number of anilines is 2. The van der Waals surface area contributed by atoms with Gasteiger partial charge in [-0.2, -0.15) is 0 Å². The molecule has 1 saturated heterocycles. The van der Waals surface area contributed by atoms with Crippen molar-refractivity contribution in [3.05, 3.63) is 53.1 Å². The van der Waals surface area contributed by atoms with Gasteiger partial charge in [0.15, 0.2) is 0 Å². The van der Waals surface area contributed by atoms with Gasteiger partial charge in [-0.3, -0.25) is 4.72 Å². The summed E-state index contributed by atoms with van der Waals surface area (Å²) in [6, 6.07) is 12.3. The van der Waals surface area contributed by atoms with Crippen LogP contribution in [0.15, 0.2) is 47.4 Å². The largest absolute Gasteiger partial charge is 0.372 e. The average Bonchev–Trinajstić information content (AvgIpc) is 2.56. The second-order valence-electron chi connectivity index (χ2n) is 6.69. The van der Waals surface area contributed by atoms with E-state index in [0.29, 0.717) is 29.4 Å². The number of para-hydroxylation sites is 2. The number of ether oxygens (including phenoxy) is 1. The Bertz CT molecular complexity index is 891. The first-order valence-electron chi connectivity index (χ1n) is 8.54. The fourth-order valence-electron chi connectivity index (χ4n) is 3.27. The average molecular weight is 395 g/mol. The van der Waals surface area contributed by atoms with E-state index < -0.39 is 10.0 Å². The van der Waals surface area contributed by atoms with Crippen molar-refractivity contribution >= 4 is 33.0 Å². The summed E-state index contributed by atoms with van der Waals surface area (Å²) in [4.78, 5) is 2.34. The van der Waals surface area contributed by atoms with Gasteiger partial charge in [0.25, 0.3) is 10.0 Å². The van der Waals surface area contributed by atoms with E-state index in [2.05, 4.69) is 9.62 Å². The van der Waals surface area contributed by atoms with Crippen molar-refractivity contribution in [2.75, 3.05) is 22.7 Å². The Labute approximate surface area is 160 Å². The van der Waals surface area contributed by atoms with E-state index in [1.165, 1.54) is 6.07 Å². The van der Waals surface area contributed by atoms with Crippen molar-refractivity contribution in [3.63, 3.8) is 0 Å². The van der Waals surface area contributed by atoms with Crippen molar-refractivity contribution in [1.29, 1.82) is 0 Å². The highest BCUT2D eigenvalue weighted by molar-refractivity contribution is 7.92. The first-order chi connectivity index (χ1) is 12.3. The number of benzene rings is 2. The van der Waals surface area contributed by atoms with Gasteiger partial charge >= 0.3 is 0 Å². The van der Waals surface area contributed by atoms with Gasteiger partial charge in [0.2, 0.25) is 0 Å². The van der Waals surface area contributed by atoms with Crippen molar-refractivity contribution < 1.29 is 13.2 Å². The Hall–Kier alpha value is -1.76. The lowest BCUT2D eigenvalue weighted by atomic mass is 10.2. The molecule has 26 heavy (non-hydrogen) atoms. The Balaban J connectivity index is 1.94. The fourth-order valence-corrected chi connectivity index (χ4v) is 4.86. The second-order valence-corrected chi connectivity index (χ2v) is 8.78. The van der Waals surface area contributed by atoms with Gasteiger partial charge < -0.3 is 9.64 Å². The van der Waals surface area contributed by atoms with Crippen LogP contribution in [0, 0.1) is 6.92 Å². The van der Waals surface area contributed by atoms with Gasteiger partial charge in [-0.05, 0) is 50.6 Å². The second kappa shape index (κ2) is 7.47. The Morgan fingerprint density at radius 3 is 2.46 bits per heavy atom. The van der Waals surface area contributed by atoms with Gasteiger partial charge in [-0.25, -0.2) is 8.42 Å². The van der Waals surface area contributed by atoms with E-state index in [4.69, 9.17) is 16.3 Å². The Morgan fingerprint density at radius 1 is 1.12 bits per heavy atom. The highest BCUT2D eigenvalue weighted by Gasteiger charge is 2.25. The highest BCUT2D eigenvalue weighted by atomic mass is 35.5. The Morgan fingerprint density at radius 2 is 1.77 bits per heavy atom. The van der Waals surface area contributed by atoms with E-state index in [1.807, 2.05) is 32.0 Å². The molecule has 0 saturated carbocycles. The SMILES string of the molecule is Cc1ccc(Cl)cc1S(=O)(=O)Nc1ccccc1N1CC(C)OC(C)C1. The molecule has 1 aliphatic heterocycles. The summed E-state index contributed by atoms with van der Waals surface area (Å²) in [5, 5.41) is 0.389. The monoisotopic (exact) mass is 394 g/mol. The van der Waals surface area contributed by atoms with E-state index in [1.54, 1.807) is 25.1 Å². The molecule has 0 aliphatic carbocycles. The maximum atomic E-state index is 12.9. The summed E-state index contributed by atoms with van der Waals surface area (Å²) in [7, 11) is -3.75. The summed E-state index contributed by atoms with van der Waals surface area (Å²) >= 11 is 6.00. The van der Waals surface area contributed by atoms with Crippen molar-refractivity contribution in [3.8, 4) is 0 Å². The van der Waals surface area contributed by atoms with Crippen LogP contribution >= 0.6 is 11.6 Å². The molecular formula is C19H23ClN2O3S. The smallest absolute Gasteiger partial charge is 0.262 e. The molecule has 5 nitrogen and oxygen atoms in total. The first-order valence-corrected chi connectivity index (χ1v) is 10.4. The number of halogens is 1. The summed E-state index contributed by atoms with van der Waals surface area (Å²) in [6.45, 7) is 7.20. The van der Waals surface area contributed by atoms with Gasteiger partial charge in [0, 0.05) is 18.1 Å². The molecule has 1 N–H and O–H groups in total. The lowest BCUT2D eigenvalue weighted by molar-refractivity contribution is -0.00517. The maximum absolute atomic E-state index is 12.9. The molecule has 2 atom stereocenters. The van der Waals surface area contributed by atoms with Crippen LogP contribution in [-0.4, -0.2) is 33.7 Å². The van der Waals surface area contributed by atoms with Crippen LogP contribution in [-0.2, 0) is 14.8 Å². The van der Waals surface area contributed by atoms with Crippen molar-refractivity contribution in [2.45, 2.75) is 37.9 Å². The molecule has 3 rings (SSSR count). The summed E-state index contributed by atoms with van der Waals surface area (Å²) in [5.74, 6) is 0. The minimum atomic E-state index is -3.75. The van der Waals surface area contributed by atoms with Crippen LogP contribution in [0.1, 0.15) is 19.4 Å². The molecule has 1 aliphatic rings. The summed E-state index contributed by atoms with van der Waals surface area (Å²) in [5.41, 5.74) is 2.04. The van der Waals surface area contributed by atoms with Crippen LogP contribution in [0.3, 0.4) is 0 Å². The molecule has 0 bridgehead atoms. The van der Waals surface area contributed by atoms with E-state index in [0.717, 1.165) is 5.69 Å². The van der Waals surface area contributed by atoms with Gasteiger partial charge in [0.1, 0.15) is 0 Å². The van der Waals surface area contributed by atoms with E-state index >= 15 is 0 Å². The predicted octanol–water partition coefficient (Wildman–Crippen LogP) is 4.06. The molecule has 1 heterocycles. The fraction of sp³-hybridized carbons (Fsp3) is 0.368. The van der Waals surface area contributed by atoms with E-state index in [-0.39, 0.29) is 17.1 Å². The summed E-state index contributed by atoms with van der Waals surface area (Å²) < 4.78 is 34.4.